The van der Waals surface area contributed by atoms with Crippen molar-refractivity contribution in [1.29, 1.82) is 0 Å². The van der Waals surface area contributed by atoms with Crippen LogP contribution < -0.4 is 10.1 Å². The van der Waals surface area contributed by atoms with Crippen LogP contribution in [0.3, 0.4) is 0 Å². The van der Waals surface area contributed by atoms with Crippen LogP contribution in [0.2, 0.25) is 0 Å². The molecule has 0 aliphatic rings. The molecule has 124 valence electrons. The van der Waals surface area contributed by atoms with Gasteiger partial charge in [0.05, 0.1) is 25.5 Å². The lowest BCUT2D eigenvalue weighted by atomic mass is 10.2. The van der Waals surface area contributed by atoms with Crippen LogP contribution >= 0.6 is 15.9 Å². The Bertz CT molecular complexity index is 581. The summed E-state index contributed by atoms with van der Waals surface area (Å²) in [7, 11) is 0. The van der Waals surface area contributed by atoms with E-state index < -0.39 is 0 Å². The summed E-state index contributed by atoms with van der Waals surface area (Å²) in [4.78, 5) is 4.26. The molecule has 2 aromatic rings. The average molecular weight is 381 g/mol. The average Bonchev–Trinajstić information content (AvgIpc) is 2.58. The van der Waals surface area contributed by atoms with Crippen LogP contribution in [0.25, 0.3) is 0 Å². The summed E-state index contributed by atoms with van der Waals surface area (Å²) in [6.45, 7) is 2.83. The molecular formula is C17H21BrN2O3. The molecule has 2 N–H and O–H groups in total. The number of nitrogens with zero attached hydrogens (tertiary/aromatic N) is 1. The quantitative estimate of drug-likeness (QED) is 0.620. The number of aromatic nitrogens is 1. The molecule has 0 unspecified atom stereocenters. The first-order valence-electron chi connectivity index (χ1n) is 7.50. The largest absolute Gasteiger partial charge is 0.487 e. The van der Waals surface area contributed by atoms with Crippen LogP contribution in [0.1, 0.15) is 11.3 Å². The van der Waals surface area contributed by atoms with E-state index in [-0.39, 0.29) is 6.61 Å². The Balaban J connectivity index is 1.86. The number of hydrogen-bond acceptors (Lipinski definition) is 5. The number of aliphatic hydroxyl groups excluding tert-OH is 1. The van der Waals surface area contributed by atoms with E-state index >= 15 is 0 Å². The van der Waals surface area contributed by atoms with Gasteiger partial charge in [0.1, 0.15) is 12.4 Å². The molecule has 0 atom stereocenters. The maximum Gasteiger partial charge on any atom is 0.130 e. The van der Waals surface area contributed by atoms with Gasteiger partial charge in [0.2, 0.25) is 0 Å². The van der Waals surface area contributed by atoms with Crippen molar-refractivity contribution in [2.75, 3.05) is 26.4 Å². The maximum absolute atomic E-state index is 8.65. The van der Waals surface area contributed by atoms with Gasteiger partial charge in [-0.1, -0.05) is 22.0 Å². The summed E-state index contributed by atoms with van der Waals surface area (Å²) in [6, 6.07) is 11.7. The SMILES string of the molecule is OCCOCCNCc1cc(Br)ccc1OCc1ccccn1. The van der Waals surface area contributed by atoms with Crippen LogP contribution in [-0.2, 0) is 17.9 Å². The van der Waals surface area contributed by atoms with Crippen molar-refractivity contribution in [2.45, 2.75) is 13.2 Å². The number of ether oxygens (including phenoxy) is 2. The molecular weight excluding hydrogens is 360 g/mol. The minimum Gasteiger partial charge on any atom is -0.487 e. The molecule has 0 aliphatic heterocycles. The molecule has 0 saturated heterocycles. The Morgan fingerprint density at radius 1 is 1.17 bits per heavy atom. The van der Waals surface area contributed by atoms with Crippen molar-refractivity contribution in [3.63, 3.8) is 0 Å². The number of aliphatic hydroxyl groups is 1. The van der Waals surface area contributed by atoms with E-state index in [0.717, 1.165) is 21.5 Å². The van der Waals surface area contributed by atoms with Crippen LogP contribution in [-0.4, -0.2) is 36.5 Å². The number of halogens is 1. The Hall–Kier alpha value is -1.47. The third kappa shape index (κ3) is 6.66. The molecule has 0 radical (unpaired) electrons. The Morgan fingerprint density at radius 2 is 2.09 bits per heavy atom. The molecule has 1 aromatic heterocycles. The predicted octanol–water partition coefficient (Wildman–Crippen LogP) is 2.52. The van der Waals surface area contributed by atoms with Crippen LogP contribution in [0.5, 0.6) is 5.75 Å². The smallest absolute Gasteiger partial charge is 0.130 e. The fourth-order valence-electron chi connectivity index (χ4n) is 2.00. The highest BCUT2D eigenvalue weighted by atomic mass is 79.9. The van der Waals surface area contributed by atoms with Gasteiger partial charge >= 0.3 is 0 Å². The van der Waals surface area contributed by atoms with Gasteiger partial charge in [-0.05, 0) is 30.3 Å². The molecule has 6 heteroatoms. The molecule has 0 fully saturated rings. The topological polar surface area (TPSA) is 63.6 Å². The molecule has 1 heterocycles. The second kappa shape index (κ2) is 10.3. The highest BCUT2D eigenvalue weighted by Crippen LogP contribution is 2.24. The highest BCUT2D eigenvalue weighted by molar-refractivity contribution is 9.10. The van der Waals surface area contributed by atoms with Gasteiger partial charge in [-0.25, -0.2) is 0 Å². The number of nitrogens with one attached hydrogen (secondary N) is 1. The lowest BCUT2D eigenvalue weighted by Crippen LogP contribution is -2.20. The van der Waals surface area contributed by atoms with E-state index in [4.69, 9.17) is 14.6 Å². The molecule has 2 rings (SSSR count). The maximum atomic E-state index is 8.65. The number of rotatable bonds is 10. The summed E-state index contributed by atoms with van der Waals surface area (Å²) < 4.78 is 12.1. The minimum atomic E-state index is 0.0527. The van der Waals surface area contributed by atoms with E-state index in [0.29, 0.717) is 32.9 Å². The lowest BCUT2D eigenvalue weighted by molar-refractivity contribution is 0.0937. The van der Waals surface area contributed by atoms with Gasteiger partial charge in [-0.15, -0.1) is 0 Å². The molecule has 0 aliphatic carbocycles. The first-order valence-corrected chi connectivity index (χ1v) is 8.29. The third-order valence-corrected chi connectivity index (χ3v) is 3.59. The summed E-state index contributed by atoms with van der Waals surface area (Å²) in [5.41, 5.74) is 1.96. The Morgan fingerprint density at radius 3 is 2.87 bits per heavy atom. The molecule has 23 heavy (non-hydrogen) atoms. The van der Waals surface area contributed by atoms with Crippen molar-refractivity contribution >= 4 is 15.9 Å². The van der Waals surface area contributed by atoms with E-state index in [1.54, 1.807) is 6.20 Å². The van der Waals surface area contributed by atoms with Gasteiger partial charge in [-0.2, -0.15) is 0 Å². The summed E-state index contributed by atoms with van der Waals surface area (Å²) in [5, 5.41) is 12.0. The first-order chi connectivity index (χ1) is 11.3. The second-order valence-electron chi connectivity index (χ2n) is 4.87. The van der Waals surface area contributed by atoms with Crippen LogP contribution in [0.15, 0.2) is 47.1 Å². The fourth-order valence-corrected chi connectivity index (χ4v) is 2.40. The molecule has 5 nitrogen and oxygen atoms in total. The molecule has 0 saturated carbocycles. The zero-order chi connectivity index (χ0) is 16.3. The number of benzene rings is 1. The van der Waals surface area contributed by atoms with Crippen molar-refractivity contribution in [2.24, 2.45) is 0 Å². The Labute approximate surface area is 144 Å². The van der Waals surface area contributed by atoms with Crippen molar-refractivity contribution in [1.82, 2.24) is 10.3 Å². The third-order valence-electron chi connectivity index (χ3n) is 3.10. The van der Waals surface area contributed by atoms with Gasteiger partial charge in [0.25, 0.3) is 0 Å². The van der Waals surface area contributed by atoms with E-state index in [1.165, 1.54) is 0 Å². The van der Waals surface area contributed by atoms with E-state index in [1.807, 2.05) is 36.4 Å². The summed E-state index contributed by atoms with van der Waals surface area (Å²) in [6.07, 6.45) is 1.76. The number of pyridine rings is 1. The van der Waals surface area contributed by atoms with Gasteiger partial charge in [-0.3, -0.25) is 4.98 Å². The molecule has 0 amide bonds. The first kappa shape index (κ1) is 17.9. The van der Waals surface area contributed by atoms with Crippen molar-refractivity contribution < 1.29 is 14.6 Å². The highest BCUT2D eigenvalue weighted by Gasteiger charge is 2.05. The molecule has 1 aromatic carbocycles. The van der Waals surface area contributed by atoms with E-state index in [9.17, 15) is 0 Å². The van der Waals surface area contributed by atoms with Gasteiger partial charge in [0.15, 0.2) is 0 Å². The second-order valence-corrected chi connectivity index (χ2v) is 5.79. The summed E-state index contributed by atoms with van der Waals surface area (Å²) in [5.74, 6) is 0.836. The monoisotopic (exact) mass is 380 g/mol. The van der Waals surface area contributed by atoms with Crippen molar-refractivity contribution in [3.05, 3.63) is 58.3 Å². The normalized spacial score (nSPS) is 10.7. The van der Waals surface area contributed by atoms with Gasteiger partial charge < -0.3 is 19.9 Å². The molecule has 0 spiro atoms. The molecule has 0 bridgehead atoms. The summed E-state index contributed by atoms with van der Waals surface area (Å²) >= 11 is 3.49. The van der Waals surface area contributed by atoms with Crippen molar-refractivity contribution in [3.8, 4) is 5.75 Å². The fraction of sp³-hybridized carbons (Fsp3) is 0.353. The van der Waals surface area contributed by atoms with E-state index in [2.05, 4.69) is 26.2 Å². The van der Waals surface area contributed by atoms with Gasteiger partial charge in [0, 0.05) is 29.3 Å². The standard InChI is InChI=1S/C17H21BrN2O3/c18-15-4-5-17(23-13-16-3-1-2-6-20-16)14(11-15)12-19-7-9-22-10-8-21/h1-6,11,19,21H,7-10,12-13H2. The lowest BCUT2D eigenvalue weighted by Gasteiger charge is -2.13. The zero-order valence-electron chi connectivity index (χ0n) is 12.9. The minimum absolute atomic E-state index is 0.0527. The Kier molecular flexibility index (Phi) is 8.03. The zero-order valence-corrected chi connectivity index (χ0v) is 14.5. The van der Waals surface area contributed by atoms with Crippen LogP contribution in [0, 0.1) is 0 Å². The predicted molar refractivity (Wildman–Crippen MR) is 92.3 cm³/mol. The number of hydrogen-bond donors (Lipinski definition) is 2. The van der Waals surface area contributed by atoms with Crippen LogP contribution in [0.4, 0.5) is 0 Å².